The van der Waals surface area contributed by atoms with Crippen molar-refractivity contribution in [2.45, 2.75) is 11.8 Å². The zero-order chi connectivity index (χ0) is 15.3. The fourth-order valence-corrected chi connectivity index (χ4v) is 3.14. The number of hydrogen-bond donors (Lipinski definition) is 2. The van der Waals surface area contributed by atoms with Gasteiger partial charge in [-0.2, -0.15) is 0 Å². The van der Waals surface area contributed by atoms with Crippen molar-refractivity contribution in [1.29, 1.82) is 0 Å². The highest BCUT2D eigenvalue weighted by Crippen LogP contribution is 2.22. The highest BCUT2D eigenvalue weighted by atomic mass is 35.5. The van der Waals surface area contributed by atoms with Crippen molar-refractivity contribution in [2.75, 3.05) is 26.7 Å². The fraction of sp³-hybridized carbons (Fsp3) is 0.417. The third kappa shape index (κ3) is 4.68. The summed E-state index contributed by atoms with van der Waals surface area (Å²) in [6.07, 6.45) is 0. The predicted molar refractivity (Wildman–Crippen MR) is 85.7 cm³/mol. The second-order valence-electron chi connectivity index (χ2n) is 4.30. The SMILES string of the molecule is CCN(C)CCNS(=O)(=O)c1cc(C(N)=S)ccc1Cl. The summed E-state index contributed by atoms with van der Waals surface area (Å²) < 4.78 is 26.9. The van der Waals surface area contributed by atoms with Crippen LogP contribution >= 0.6 is 23.8 Å². The minimum Gasteiger partial charge on any atom is -0.389 e. The first-order chi connectivity index (χ1) is 9.27. The maximum absolute atomic E-state index is 12.2. The van der Waals surface area contributed by atoms with E-state index < -0.39 is 10.0 Å². The number of rotatable bonds is 7. The van der Waals surface area contributed by atoms with Crippen LogP contribution in [-0.4, -0.2) is 45.0 Å². The van der Waals surface area contributed by atoms with Gasteiger partial charge < -0.3 is 10.6 Å². The van der Waals surface area contributed by atoms with Crippen LogP contribution in [-0.2, 0) is 10.0 Å². The van der Waals surface area contributed by atoms with Crippen molar-refractivity contribution in [3.8, 4) is 0 Å². The van der Waals surface area contributed by atoms with Gasteiger partial charge in [0, 0.05) is 18.7 Å². The minimum absolute atomic E-state index is 0.0105. The molecule has 5 nitrogen and oxygen atoms in total. The van der Waals surface area contributed by atoms with Gasteiger partial charge in [-0.05, 0) is 25.7 Å². The summed E-state index contributed by atoms with van der Waals surface area (Å²) in [5.41, 5.74) is 5.97. The third-order valence-corrected chi connectivity index (χ3v) is 5.01. The number of nitrogens with zero attached hydrogens (tertiary/aromatic N) is 1. The molecule has 0 unspecified atom stereocenters. The van der Waals surface area contributed by atoms with Gasteiger partial charge >= 0.3 is 0 Å². The average Bonchev–Trinajstić information content (AvgIpc) is 2.38. The topological polar surface area (TPSA) is 75.4 Å². The van der Waals surface area contributed by atoms with Crippen molar-refractivity contribution < 1.29 is 8.42 Å². The Morgan fingerprint density at radius 2 is 2.15 bits per heavy atom. The molecule has 0 aliphatic carbocycles. The van der Waals surface area contributed by atoms with Crippen LogP contribution in [0.4, 0.5) is 0 Å². The first-order valence-electron chi connectivity index (χ1n) is 6.05. The van der Waals surface area contributed by atoms with Gasteiger partial charge in [0.1, 0.15) is 9.88 Å². The smallest absolute Gasteiger partial charge is 0.242 e. The summed E-state index contributed by atoms with van der Waals surface area (Å²) >= 11 is 10.8. The summed E-state index contributed by atoms with van der Waals surface area (Å²) in [6.45, 7) is 3.76. The molecule has 0 amide bonds. The van der Waals surface area contributed by atoms with Crippen LogP contribution in [0.2, 0.25) is 5.02 Å². The maximum Gasteiger partial charge on any atom is 0.242 e. The van der Waals surface area contributed by atoms with E-state index in [9.17, 15) is 8.42 Å². The van der Waals surface area contributed by atoms with Gasteiger partial charge in [0.05, 0.1) is 5.02 Å². The average molecular weight is 336 g/mol. The van der Waals surface area contributed by atoms with Crippen LogP contribution in [0, 0.1) is 0 Å². The Labute approximate surface area is 130 Å². The summed E-state index contributed by atoms with van der Waals surface area (Å²) in [5, 5.41) is 0.140. The van der Waals surface area contributed by atoms with E-state index in [2.05, 4.69) is 4.72 Å². The van der Waals surface area contributed by atoms with Gasteiger partial charge in [-0.25, -0.2) is 13.1 Å². The molecule has 0 atom stereocenters. The minimum atomic E-state index is -3.67. The van der Waals surface area contributed by atoms with E-state index in [4.69, 9.17) is 29.6 Å². The monoisotopic (exact) mass is 335 g/mol. The molecule has 0 fully saturated rings. The Bertz CT molecular complexity index is 590. The molecule has 8 heteroatoms. The molecule has 1 aromatic carbocycles. The van der Waals surface area contributed by atoms with E-state index in [-0.39, 0.29) is 14.9 Å². The normalized spacial score (nSPS) is 11.8. The van der Waals surface area contributed by atoms with Crippen LogP contribution in [0.5, 0.6) is 0 Å². The lowest BCUT2D eigenvalue weighted by Gasteiger charge is -2.15. The van der Waals surface area contributed by atoms with Gasteiger partial charge in [0.15, 0.2) is 0 Å². The zero-order valence-electron chi connectivity index (χ0n) is 11.4. The molecular weight excluding hydrogens is 318 g/mol. The van der Waals surface area contributed by atoms with Gasteiger partial charge in [-0.15, -0.1) is 0 Å². The fourth-order valence-electron chi connectivity index (χ4n) is 1.47. The van der Waals surface area contributed by atoms with Gasteiger partial charge in [0.2, 0.25) is 10.0 Å². The van der Waals surface area contributed by atoms with Gasteiger partial charge in [-0.3, -0.25) is 0 Å². The number of benzene rings is 1. The second-order valence-corrected chi connectivity index (χ2v) is 6.89. The van der Waals surface area contributed by atoms with Gasteiger partial charge in [0.25, 0.3) is 0 Å². The first kappa shape index (κ1) is 17.3. The van der Waals surface area contributed by atoms with Crippen molar-refractivity contribution in [3.63, 3.8) is 0 Å². The van der Waals surface area contributed by atoms with Crippen LogP contribution < -0.4 is 10.5 Å². The largest absolute Gasteiger partial charge is 0.389 e. The van der Waals surface area contributed by atoms with Crippen LogP contribution in [0.1, 0.15) is 12.5 Å². The number of likely N-dealkylation sites (N-methyl/N-ethyl adjacent to an activating group) is 1. The van der Waals surface area contributed by atoms with E-state index >= 15 is 0 Å². The molecule has 0 spiro atoms. The Balaban J connectivity index is 2.92. The molecule has 1 aromatic rings. The summed E-state index contributed by atoms with van der Waals surface area (Å²) in [4.78, 5) is 2.11. The van der Waals surface area contributed by atoms with Crippen molar-refractivity contribution in [1.82, 2.24) is 9.62 Å². The zero-order valence-corrected chi connectivity index (χ0v) is 13.8. The van der Waals surface area contributed by atoms with Gasteiger partial charge in [-0.1, -0.05) is 36.8 Å². The summed E-state index contributed by atoms with van der Waals surface area (Å²) in [6, 6.07) is 4.45. The molecule has 1 rings (SSSR count). The molecule has 112 valence electrons. The predicted octanol–water partition coefficient (Wildman–Crippen LogP) is 1.20. The number of nitrogens with one attached hydrogen (secondary N) is 1. The van der Waals surface area contributed by atoms with E-state index in [1.807, 2.05) is 18.9 Å². The molecule has 0 bridgehead atoms. The molecule has 0 aliphatic heterocycles. The molecule has 0 saturated carbocycles. The van der Waals surface area contributed by atoms with E-state index in [0.717, 1.165) is 6.54 Å². The van der Waals surface area contributed by atoms with E-state index in [1.165, 1.54) is 12.1 Å². The summed E-state index contributed by atoms with van der Waals surface area (Å²) in [5.74, 6) is 0. The van der Waals surface area contributed by atoms with Crippen LogP contribution in [0.3, 0.4) is 0 Å². The number of halogens is 1. The highest BCUT2D eigenvalue weighted by molar-refractivity contribution is 7.89. The Morgan fingerprint density at radius 1 is 1.50 bits per heavy atom. The van der Waals surface area contributed by atoms with Crippen molar-refractivity contribution in [3.05, 3.63) is 28.8 Å². The third-order valence-electron chi connectivity index (χ3n) is 2.83. The van der Waals surface area contributed by atoms with E-state index in [1.54, 1.807) is 6.07 Å². The Hall–Kier alpha value is -0.730. The lowest BCUT2D eigenvalue weighted by molar-refractivity contribution is 0.358. The van der Waals surface area contributed by atoms with E-state index in [0.29, 0.717) is 18.7 Å². The lowest BCUT2D eigenvalue weighted by Crippen LogP contribution is -2.33. The molecule has 0 heterocycles. The number of hydrogen-bond acceptors (Lipinski definition) is 4. The summed E-state index contributed by atoms with van der Waals surface area (Å²) in [7, 11) is -1.76. The molecular formula is C12H18ClN3O2S2. The first-order valence-corrected chi connectivity index (χ1v) is 8.32. The molecule has 3 N–H and O–H groups in total. The van der Waals surface area contributed by atoms with Crippen molar-refractivity contribution in [2.24, 2.45) is 5.73 Å². The lowest BCUT2D eigenvalue weighted by atomic mass is 10.2. The van der Waals surface area contributed by atoms with Crippen molar-refractivity contribution >= 4 is 38.8 Å². The molecule has 0 aliphatic rings. The number of nitrogens with two attached hydrogens (primary N) is 1. The van der Waals surface area contributed by atoms with Crippen LogP contribution in [0.25, 0.3) is 0 Å². The second kappa shape index (κ2) is 7.33. The molecule has 0 aromatic heterocycles. The standard InChI is InChI=1S/C12H18ClN3O2S2/c1-3-16(2)7-6-15-20(17,18)11-8-9(12(14)19)4-5-10(11)13/h4-5,8,15H,3,6-7H2,1-2H3,(H2,14,19). The Kier molecular flexibility index (Phi) is 6.35. The number of sulfonamides is 1. The molecule has 0 saturated heterocycles. The highest BCUT2D eigenvalue weighted by Gasteiger charge is 2.18. The molecule has 20 heavy (non-hydrogen) atoms. The quantitative estimate of drug-likeness (QED) is 0.732. The Morgan fingerprint density at radius 3 is 2.70 bits per heavy atom. The van der Waals surface area contributed by atoms with Crippen LogP contribution in [0.15, 0.2) is 23.1 Å². The molecule has 0 radical (unpaired) electrons. The number of thiocarbonyl (C=S) groups is 1. The maximum atomic E-state index is 12.2.